The van der Waals surface area contributed by atoms with Crippen molar-refractivity contribution in [1.29, 1.82) is 0 Å². The zero-order valence-corrected chi connectivity index (χ0v) is 8.61. The van der Waals surface area contributed by atoms with Crippen LogP contribution in [0.15, 0.2) is 58.6 Å². The molecule has 3 nitrogen and oxygen atoms in total. The summed E-state index contributed by atoms with van der Waals surface area (Å²) < 4.78 is 23.9. The Kier molecular flexibility index (Phi) is 2.51. The van der Waals surface area contributed by atoms with Gasteiger partial charge >= 0.3 is 0 Å². The maximum absolute atomic E-state index is 12.0. The minimum Gasteiger partial charge on any atom is -0.244 e. The second kappa shape index (κ2) is 3.82. The largest absolute Gasteiger partial charge is 0.244 e. The third-order valence-corrected chi connectivity index (χ3v) is 3.60. The first kappa shape index (κ1) is 9.86. The summed E-state index contributed by atoms with van der Waals surface area (Å²) in [5, 5.41) is 0.0659. The molecule has 0 aliphatic heterocycles. The van der Waals surface area contributed by atoms with Gasteiger partial charge in [0.15, 0.2) is 5.03 Å². The molecule has 0 N–H and O–H groups in total. The minimum absolute atomic E-state index is 0.0659. The lowest BCUT2D eigenvalue weighted by atomic mass is 10.4. The monoisotopic (exact) mass is 218 g/mol. The third-order valence-electron chi connectivity index (χ3n) is 1.91. The predicted octanol–water partition coefficient (Wildman–Crippen LogP) is 1.71. The highest BCUT2D eigenvalue weighted by atomic mass is 32.2. The Morgan fingerprint density at radius 1 is 1.07 bits per heavy atom. The van der Waals surface area contributed by atoms with Crippen LogP contribution in [0.25, 0.3) is 0 Å². The Morgan fingerprint density at radius 2 is 1.80 bits per heavy atom. The Bertz CT molecular complexity index is 490. The first-order chi connectivity index (χ1) is 7.21. The molecule has 0 saturated heterocycles. The summed E-state index contributed by atoms with van der Waals surface area (Å²) in [5.74, 6) is 0. The molecule has 4 heteroatoms. The highest BCUT2D eigenvalue weighted by Crippen LogP contribution is 2.17. The Labute approximate surface area is 88.3 Å². The number of rotatable bonds is 2. The van der Waals surface area contributed by atoms with Gasteiger partial charge in [0.25, 0.3) is 0 Å². The number of pyridine rings is 1. The van der Waals surface area contributed by atoms with Crippen LogP contribution in [-0.2, 0) is 9.84 Å². The molecule has 0 atom stereocenters. The van der Waals surface area contributed by atoms with Crippen molar-refractivity contribution in [1.82, 2.24) is 4.98 Å². The van der Waals surface area contributed by atoms with Crippen molar-refractivity contribution < 1.29 is 8.42 Å². The molecule has 2 rings (SSSR count). The van der Waals surface area contributed by atoms with Crippen LogP contribution in [0.2, 0.25) is 0 Å². The summed E-state index contributed by atoms with van der Waals surface area (Å²) in [7, 11) is -3.47. The lowest BCUT2D eigenvalue weighted by Gasteiger charge is -2.01. The Balaban J connectivity index is 2.55. The van der Waals surface area contributed by atoms with Gasteiger partial charge in [-0.25, -0.2) is 13.4 Å². The average molecular weight is 218 g/mol. The fourth-order valence-electron chi connectivity index (χ4n) is 1.18. The second-order valence-electron chi connectivity index (χ2n) is 2.91. The normalized spacial score (nSPS) is 11.2. The number of aromatic nitrogens is 1. The van der Waals surface area contributed by atoms with Gasteiger partial charge in [-0.3, -0.25) is 0 Å². The zero-order valence-electron chi connectivity index (χ0n) is 7.79. The smallest absolute Gasteiger partial charge is 0.223 e. The molecule has 1 heterocycles. The molecule has 0 fully saturated rings. The van der Waals surface area contributed by atoms with Gasteiger partial charge in [-0.2, -0.15) is 0 Å². The molecule has 0 unspecified atom stereocenters. The topological polar surface area (TPSA) is 47.0 Å². The van der Waals surface area contributed by atoms with Gasteiger partial charge in [-0.05, 0) is 30.3 Å². The molecule has 0 spiro atoms. The van der Waals surface area contributed by atoms with Crippen LogP contribution >= 0.6 is 0 Å². The van der Waals surface area contributed by atoms with Gasteiger partial charge in [0.05, 0.1) is 4.90 Å². The molecule has 1 aromatic carbocycles. The number of benzene rings is 1. The Morgan fingerprint density at radius 3 is 2.40 bits per heavy atom. The highest BCUT2D eigenvalue weighted by molar-refractivity contribution is 7.91. The van der Waals surface area contributed by atoms with Crippen molar-refractivity contribution in [3.05, 3.63) is 54.7 Å². The first-order valence-electron chi connectivity index (χ1n) is 4.33. The van der Waals surface area contributed by atoms with Crippen molar-refractivity contribution >= 4 is 9.84 Å². The van der Waals surface area contributed by atoms with Gasteiger partial charge < -0.3 is 0 Å². The maximum Gasteiger partial charge on any atom is 0.223 e. The van der Waals surface area contributed by atoms with Gasteiger partial charge in [-0.15, -0.1) is 0 Å². The standard InChI is InChI=1S/C11H8NO2S/c13-15(14,10-6-2-1-3-7-10)11-8-4-5-9-12-11/h2-9H. The highest BCUT2D eigenvalue weighted by Gasteiger charge is 2.17. The van der Waals surface area contributed by atoms with E-state index in [2.05, 4.69) is 11.1 Å². The molecule has 1 radical (unpaired) electrons. The molecular formula is C11H8NO2S. The van der Waals surface area contributed by atoms with Crippen molar-refractivity contribution in [2.45, 2.75) is 9.92 Å². The fourth-order valence-corrected chi connectivity index (χ4v) is 2.37. The van der Waals surface area contributed by atoms with Crippen LogP contribution in [-0.4, -0.2) is 13.4 Å². The van der Waals surface area contributed by atoms with Crippen LogP contribution in [0.3, 0.4) is 0 Å². The SMILES string of the molecule is O=S(=O)(c1cc[c]cc1)c1ccccn1. The van der Waals surface area contributed by atoms with Gasteiger partial charge in [0.1, 0.15) is 0 Å². The second-order valence-corrected chi connectivity index (χ2v) is 4.80. The van der Waals surface area contributed by atoms with Crippen molar-refractivity contribution in [2.24, 2.45) is 0 Å². The van der Waals surface area contributed by atoms with Crippen LogP contribution in [0, 0.1) is 6.07 Å². The lowest BCUT2D eigenvalue weighted by Crippen LogP contribution is -2.03. The molecule has 15 heavy (non-hydrogen) atoms. The summed E-state index contributed by atoms with van der Waals surface area (Å²) in [4.78, 5) is 4.06. The average Bonchev–Trinajstić information content (AvgIpc) is 2.31. The van der Waals surface area contributed by atoms with Crippen molar-refractivity contribution in [2.75, 3.05) is 0 Å². The maximum atomic E-state index is 12.0. The van der Waals surface area contributed by atoms with E-state index in [4.69, 9.17) is 0 Å². The van der Waals surface area contributed by atoms with Crippen LogP contribution < -0.4 is 0 Å². The molecular weight excluding hydrogens is 210 g/mol. The van der Waals surface area contributed by atoms with E-state index < -0.39 is 9.84 Å². The number of sulfone groups is 1. The van der Waals surface area contributed by atoms with Crippen LogP contribution in [0.4, 0.5) is 0 Å². The molecule has 0 bridgehead atoms. The van der Waals surface area contributed by atoms with E-state index in [9.17, 15) is 8.42 Å². The van der Waals surface area contributed by atoms with E-state index in [-0.39, 0.29) is 9.92 Å². The quantitative estimate of drug-likeness (QED) is 0.771. The molecule has 2 aromatic rings. The summed E-state index contributed by atoms with van der Waals surface area (Å²) in [6.45, 7) is 0. The first-order valence-corrected chi connectivity index (χ1v) is 5.82. The van der Waals surface area contributed by atoms with E-state index >= 15 is 0 Å². The van der Waals surface area contributed by atoms with E-state index in [1.807, 2.05) is 0 Å². The minimum atomic E-state index is -3.47. The molecule has 0 aliphatic rings. The van der Waals surface area contributed by atoms with Crippen LogP contribution in [0.1, 0.15) is 0 Å². The van der Waals surface area contributed by atoms with Gasteiger partial charge in [0.2, 0.25) is 9.84 Å². The molecule has 0 saturated carbocycles. The summed E-state index contributed by atoms with van der Waals surface area (Å²) in [5.41, 5.74) is 0. The molecule has 0 aliphatic carbocycles. The van der Waals surface area contributed by atoms with E-state index in [0.29, 0.717) is 0 Å². The van der Waals surface area contributed by atoms with Crippen LogP contribution in [0.5, 0.6) is 0 Å². The lowest BCUT2D eigenvalue weighted by molar-refractivity contribution is 0.592. The summed E-state index contributed by atoms with van der Waals surface area (Å²) in [6, 6.07) is 13.7. The summed E-state index contributed by atoms with van der Waals surface area (Å²) >= 11 is 0. The number of hydrogen-bond donors (Lipinski definition) is 0. The van der Waals surface area contributed by atoms with Crippen molar-refractivity contribution in [3.8, 4) is 0 Å². The summed E-state index contributed by atoms with van der Waals surface area (Å²) in [6.07, 6.45) is 1.46. The Hall–Kier alpha value is -1.68. The number of nitrogens with zero attached hydrogens (tertiary/aromatic N) is 1. The van der Waals surface area contributed by atoms with Gasteiger partial charge in [-0.1, -0.05) is 18.2 Å². The molecule has 1 aromatic heterocycles. The molecule has 0 amide bonds. The van der Waals surface area contributed by atoms with E-state index in [1.165, 1.54) is 24.4 Å². The predicted molar refractivity (Wildman–Crippen MR) is 55.0 cm³/mol. The fraction of sp³-hybridized carbons (Fsp3) is 0. The van der Waals surface area contributed by atoms with Gasteiger partial charge in [0, 0.05) is 6.20 Å². The van der Waals surface area contributed by atoms with E-state index in [0.717, 1.165) is 0 Å². The van der Waals surface area contributed by atoms with E-state index in [1.54, 1.807) is 24.3 Å². The van der Waals surface area contributed by atoms with Crippen molar-refractivity contribution in [3.63, 3.8) is 0 Å². The number of hydrogen-bond acceptors (Lipinski definition) is 3. The molecule has 75 valence electrons. The third kappa shape index (κ3) is 1.89. The zero-order chi connectivity index (χ0) is 10.7.